The number of hydrogen-bond acceptors (Lipinski definition) is 4. The fourth-order valence-corrected chi connectivity index (χ4v) is 3.76. The monoisotopic (exact) mass is 452 g/mol. The maximum Gasteiger partial charge on any atom is 0.270 e. The lowest BCUT2D eigenvalue weighted by molar-refractivity contribution is 0.0929. The third kappa shape index (κ3) is 6.42. The maximum absolute atomic E-state index is 13.5. The Labute approximate surface area is 195 Å². The average molecular weight is 453 g/mol. The molecule has 1 heterocycles. The largest absolute Gasteiger partial charge is 0.497 e. The van der Waals surface area contributed by atoms with E-state index in [1.165, 1.54) is 12.1 Å². The summed E-state index contributed by atoms with van der Waals surface area (Å²) in [6.45, 7) is 9.41. The smallest absolute Gasteiger partial charge is 0.270 e. The van der Waals surface area contributed by atoms with Crippen LogP contribution in [-0.4, -0.2) is 53.4 Å². The maximum atomic E-state index is 13.5. The fraction of sp³-hybridized carbons (Fsp3) is 0.385. The van der Waals surface area contributed by atoms with Gasteiger partial charge in [0, 0.05) is 11.6 Å². The molecule has 7 heteroatoms. The summed E-state index contributed by atoms with van der Waals surface area (Å²) in [4.78, 5) is 15.6. The predicted octanol–water partition coefficient (Wildman–Crippen LogP) is 4.93. The van der Waals surface area contributed by atoms with E-state index in [0.29, 0.717) is 17.1 Å². The minimum Gasteiger partial charge on any atom is -0.497 e. The summed E-state index contributed by atoms with van der Waals surface area (Å²) in [5.41, 5.74) is 2.54. The summed E-state index contributed by atoms with van der Waals surface area (Å²) in [6, 6.07) is 15.2. The molecule has 0 spiro atoms. The van der Waals surface area contributed by atoms with Gasteiger partial charge < -0.3 is 15.0 Å². The molecule has 3 rings (SSSR count). The molecule has 0 fully saturated rings. The molecule has 1 amide bonds. The minimum atomic E-state index is -0.339. The molecule has 0 aliphatic heterocycles. The van der Waals surface area contributed by atoms with E-state index in [0.717, 1.165) is 43.8 Å². The Kier molecular flexibility index (Phi) is 8.60. The van der Waals surface area contributed by atoms with Crippen LogP contribution < -0.4 is 10.1 Å². The standard InChI is InChI=1S/C26H33FN4O2/c1-5-30(6-2)17-7-8-19(3)28-26(32)25-18-24(20-9-15-23(33-4)16-10-20)29-31(25)22-13-11-21(27)12-14-22/h9-16,18-19H,5-8,17H2,1-4H3,(H,28,32). The van der Waals surface area contributed by atoms with E-state index in [4.69, 9.17) is 4.74 Å². The molecular formula is C26H33FN4O2. The van der Waals surface area contributed by atoms with Crippen molar-refractivity contribution in [3.8, 4) is 22.7 Å². The average Bonchev–Trinajstić information content (AvgIpc) is 3.28. The van der Waals surface area contributed by atoms with Gasteiger partial charge in [-0.25, -0.2) is 9.07 Å². The van der Waals surface area contributed by atoms with Crippen molar-refractivity contribution in [3.05, 3.63) is 66.1 Å². The van der Waals surface area contributed by atoms with Gasteiger partial charge in [-0.3, -0.25) is 4.79 Å². The van der Waals surface area contributed by atoms with Gasteiger partial charge in [-0.2, -0.15) is 5.10 Å². The first-order valence-corrected chi connectivity index (χ1v) is 11.5. The Balaban J connectivity index is 1.81. The summed E-state index contributed by atoms with van der Waals surface area (Å²) >= 11 is 0. The molecule has 0 aliphatic carbocycles. The molecule has 0 saturated carbocycles. The van der Waals surface area contributed by atoms with Crippen LogP contribution in [0.4, 0.5) is 4.39 Å². The minimum absolute atomic E-state index is 0.0223. The van der Waals surface area contributed by atoms with Crippen LogP contribution in [0.2, 0.25) is 0 Å². The van der Waals surface area contributed by atoms with Gasteiger partial charge in [-0.1, -0.05) is 13.8 Å². The molecule has 0 bridgehead atoms. The molecule has 2 aromatic carbocycles. The van der Waals surface area contributed by atoms with Gasteiger partial charge in [-0.05, 0) is 94.0 Å². The second-order valence-corrected chi connectivity index (χ2v) is 8.08. The number of ether oxygens (including phenoxy) is 1. The van der Waals surface area contributed by atoms with Gasteiger partial charge in [0.25, 0.3) is 5.91 Å². The van der Waals surface area contributed by atoms with Crippen molar-refractivity contribution >= 4 is 5.91 Å². The van der Waals surface area contributed by atoms with Crippen LogP contribution in [0.3, 0.4) is 0 Å². The topological polar surface area (TPSA) is 59.4 Å². The van der Waals surface area contributed by atoms with Crippen molar-refractivity contribution in [3.63, 3.8) is 0 Å². The first kappa shape index (κ1) is 24.5. The number of aromatic nitrogens is 2. The quantitative estimate of drug-likeness (QED) is 0.448. The number of benzene rings is 2. The number of halogens is 1. The Morgan fingerprint density at radius 2 is 1.79 bits per heavy atom. The van der Waals surface area contributed by atoms with Crippen molar-refractivity contribution < 1.29 is 13.9 Å². The zero-order valence-corrected chi connectivity index (χ0v) is 19.8. The lowest BCUT2D eigenvalue weighted by atomic mass is 10.1. The Hall–Kier alpha value is -3.19. The van der Waals surface area contributed by atoms with E-state index in [-0.39, 0.29) is 17.8 Å². The van der Waals surface area contributed by atoms with Crippen LogP contribution in [0.5, 0.6) is 5.75 Å². The van der Waals surface area contributed by atoms with Crippen LogP contribution in [0.15, 0.2) is 54.6 Å². The van der Waals surface area contributed by atoms with E-state index in [1.807, 2.05) is 31.2 Å². The lowest BCUT2D eigenvalue weighted by Crippen LogP contribution is -2.34. The van der Waals surface area contributed by atoms with Crippen molar-refractivity contribution in [2.24, 2.45) is 0 Å². The number of nitrogens with zero attached hydrogens (tertiary/aromatic N) is 3. The van der Waals surface area contributed by atoms with Crippen molar-refractivity contribution in [2.75, 3.05) is 26.7 Å². The molecule has 0 saturated heterocycles. The normalized spacial score (nSPS) is 12.1. The molecule has 1 atom stereocenters. The van der Waals surface area contributed by atoms with Crippen molar-refractivity contribution in [1.82, 2.24) is 20.0 Å². The predicted molar refractivity (Wildman–Crippen MR) is 129 cm³/mol. The van der Waals surface area contributed by atoms with Gasteiger partial charge in [0.1, 0.15) is 17.3 Å². The third-order valence-corrected chi connectivity index (χ3v) is 5.78. The number of methoxy groups -OCH3 is 1. The van der Waals surface area contributed by atoms with Crippen LogP contribution in [0.1, 0.15) is 44.1 Å². The highest BCUT2D eigenvalue weighted by Crippen LogP contribution is 2.24. The zero-order valence-electron chi connectivity index (χ0n) is 19.8. The molecule has 3 aromatic rings. The van der Waals surface area contributed by atoms with Gasteiger partial charge in [0.15, 0.2) is 0 Å². The highest BCUT2D eigenvalue weighted by molar-refractivity contribution is 5.94. The molecular weight excluding hydrogens is 419 g/mol. The van der Waals surface area contributed by atoms with Crippen LogP contribution in [-0.2, 0) is 0 Å². The summed E-state index contributed by atoms with van der Waals surface area (Å²) in [7, 11) is 1.61. The number of carbonyl (C=O) groups is 1. The van der Waals surface area contributed by atoms with E-state index in [9.17, 15) is 9.18 Å². The number of nitrogens with one attached hydrogen (secondary N) is 1. The second-order valence-electron chi connectivity index (χ2n) is 8.08. The molecule has 0 radical (unpaired) electrons. The molecule has 1 N–H and O–H groups in total. The van der Waals surface area contributed by atoms with E-state index >= 15 is 0 Å². The number of amides is 1. The Morgan fingerprint density at radius 1 is 1.12 bits per heavy atom. The van der Waals surface area contributed by atoms with Gasteiger partial charge >= 0.3 is 0 Å². The van der Waals surface area contributed by atoms with Crippen LogP contribution in [0.25, 0.3) is 16.9 Å². The first-order chi connectivity index (χ1) is 15.9. The summed E-state index contributed by atoms with van der Waals surface area (Å²) in [6.07, 6.45) is 1.90. The van der Waals surface area contributed by atoms with Crippen LogP contribution in [0, 0.1) is 5.82 Å². The Morgan fingerprint density at radius 3 is 2.39 bits per heavy atom. The van der Waals surface area contributed by atoms with E-state index in [2.05, 4.69) is 29.2 Å². The second kappa shape index (κ2) is 11.6. The number of hydrogen-bond donors (Lipinski definition) is 1. The molecule has 33 heavy (non-hydrogen) atoms. The number of carbonyl (C=O) groups excluding carboxylic acids is 1. The molecule has 176 valence electrons. The first-order valence-electron chi connectivity index (χ1n) is 11.5. The van der Waals surface area contributed by atoms with Crippen molar-refractivity contribution in [2.45, 2.75) is 39.7 Å². The summed E-state index contributed by atoms with van der Waals surface area (Å²) in [5.74, 6) is 0.198. The molecule has 1 unspecified atom stereocenters. The summed E-state index contributed by atoms with van der Waals surface area (Å²) in [5, 5.41) is 7.76. The SMILES string of the molecule is CCN(CC)CCCC(C)NC(=O)c1cc(-c2ccc(OC)cc2)nn1-c1ccc(F)cc1. The van der Waals surface area contributed by atoms with Gasteiger partial charge in [0.05, 0.1) is 18.5 Å². The fourth-order valence-electron chi connectivity index (χ4n) is 3.76. The van der Waals surface area contributed by atoms with Crippen molar-refractivity contribution in [1.29, 1.82) is 0 Å². The molecule has 6 nitrogen and oxygen atoms in total. The Bertz CT molecular complexity index is 1030. The van der Waals surface area contributed by atoms with E-state index in [1.54, 1.807) is 30.0 Å². The molecule has 1 aromatic heterocycles. The zero-order chi connectivity index (χ0) is 23.8. The van der Waals surface area contributed by atoms with Gasteiger partial charge in [0.2, 0.25) is 0 Å². The highest BCUT2D eigenvalue weighted by Gasteiger charge is 2.19. The number of rotatable bonds is 11. The van der Waals surface area contributed by atoms with E-state index < -0.39 is 0 Å². The summed E-state index contributed by atoms with van der Waals surface area (Å²) < 4.78 is 20.3. The highest BCUT2D eigenvalue weighted by atomic mass is 19.1. The van der Waals surface area contributed by atoms with Crippen LogP contribution >= 0.6 is 0 Å². The van der Waals surface area contributed by atoms with Gasteiger partial charge in [-0.15, -0.1) is 0 Å². The molecule has 0 aliphatic rings. The lowest BCUT2D eigenvalue weighted by Gasteiger charge is -2.20. The third-order valence-electron chi connectivity index (χ3n) is 5.78.